The summed E-state index contributed by atoms with van der Waals surface area (Å²) in [5.41, 5.74) is 2.52. The smallest absolute Gasteiger partial charge is 0.125 e. The molecule has 3 rings (SSSR count). The van der Waals surface area contributed by atoms with Crippen LogP contribution in [0.25, 0.3) is 0 Å². The summed E-state index contributed by atoms with van der Waals surface area (Å²) < 4.78 is 1.83. The number of hydrogen-bond acceptors (Lipinski definition) is 4. The molecule has 0 saturated carbocycles. The molecular formula is C15H23ClN4. The van der Waals surface area contributed by atoms with Gasteiger partial charge in [-0.1, -0.05) is 18.2 Å². The quantitative estimate of drug-likeness (QED) is 0.777. The first kappa shape index (κ1) is 14.1. The number of piperazine rings is 1. The number of fused-ring (bicyclic) bond motifs is 1. The standard InChI is InChI=1S/C15H23ClN4/c1-12(2)18-8-10-19(11-9-18)15-13-6-4-5-7-14(13)17(3)20(15)16/h4-7,12,15H,8-11H2,1-3H3. The van der Waals surface area contributed by atoms with Crippen molar-refractivity contribution in [1.29, 1.82) is 0 Å². The zero-order chi connectivity index (χ0) is 14.3. The predicted molar refractivity (Wildman–Crippen MR) is 83.6 cm³/mol. The van der Waals surface area contributed by atoms with E-state index in [1.54, 1.807) is 0 Å². The van der Waals surface area contributed by atoms with Gasteiger partial charge >= 0.3 is 0 Å². The molecule has 4 nitrogen and oxygen atoms in total. The molecule has 0 spiro atoms. The van der Waals surface area contributed by atoms with Crippen LogP contribution in [0.15, 0.2) is 24.3 Å². The molecule has 5 heteroatoms. The summed E-state index contributed by atoms with van der Waals surface area (Å²) in [4.78, 5) is 5.01. The van der Waals surface area contributed by atoms with Crippen molar-refractivity contribution in [3.05, 3.63) is 29.8 Å². The third-order valence-corrected chi connectivity index (χ3v) is 4.89. The summed E-state index contributed by atoms with van der Waals surface area (Å²) >= 11 is 6.53. The van der Waals surface area contributed by atoms with Crippen molar-refractivity contribution < 1.29 is 0 Å². The van der Waals surface area contributed by atoms with E-state index in [-0.39, 0.29) is 6.17 Å². The van der Waals surface area contributed by atoms with Crippen molar-refractivity contribution >= 4 is 17.5 Å². The molecular weight excluding hydrogens is 272 g/mol. The van der Waals surface area contributed by atoms with Gasteiger partial charge < -0.3 is 0 Å². The van der Waals surface area contributed by atoms with Gasteiger partial charge in [0.05, 0.1) is 5.69 Å². The second-order valence-corrected chi connectivity index (χ2v) is 6.26. The molecule has 0 bridgehead atoms. The predicted octanol–water partition coefficient (Wildman–Crippen LogP) is 2.53. The Morgan fingerprint density at radius 2 is 1.75 bits per heavy atom. The van der Waals surface area contributed by atoms with Crippen molar-refractivity contribution in [2.45, 2.75) is 26.1 Å². The van der Waals surface area contributed by atoms with Gasteiger partial charge in [0.25, 0.3) is 0 Å². The van der Waals surface area contributed by atoms with Gasteiger partial charge in [-0.3, -0.25) is 14.8 Å². The van der Waals surface area contributed by atoms with Crippen LogP contribution in [-0.4, -0.2) is 53.6 Å². The molecule has 1 fully saturated rings. The number of nitrogens with zero attached hydrogens (tertiary/aromatic N) is 4. The van der Waals surface area contributed by atoms with Crippen LogP contribution in [0.2, 0.25) is 0 Å². The van der Waals surface area contributed by atoms with Gasteiger partial charge in [-0.05, 0) is 19.9 Å². The van der Waals surface area contributed by atoms with Crippen molar-refractivity contribution in [2.75, 3.05) is 38.2 Å². The minimum atomic E-state index is 0.159. The number of rotatable bonds is 2. The average molecular weight is 295 g/mol. The van der Waals surface area contributed by atoms with Crippen LogP contribution in [0, 0.1) is 0 Å². The summed E-state index contributed by atoms with van der Waals surface area (Å²) in [5, 5.41) is 2.04. The van der Waals surface area contributed by atoms with E-state index in [9.17, 15) is 0 Å². The highest BCUT2D eigenvalue weighted by molar-refractivity contribution is 6.14. The number of para-hydroxylation sites is 1. The molecule has 2 aliphatic rings. The Morgan fingerprint density at radius 1 is 1.10 bits per heavy atom. The molecule has 0 aromatic heterocycles. The fourth-order valence-corrected chi connectivity index (χ4v) is 3.52. The number of halogens is 1. The Kier molecular flexibility index (Phi) is 3.91. The van der Waals surface area contributed by atoms with Crippen LogP contribution < -0.4 is 5.01 Å². The van der Waals surface area contributed by atoms with E-state index in [1.807, 2.05) is 16.6 Å². The number of hydrogen-bond donors (Lipinski definition) is 0. The molecule has 1 saturated heterocycles. The zero-order valence-electron chi connectivity index (χ0n) is 12.5. The fraction of sp³-hybridized carbons (Fsp3) is 0.600. The van der Waals surface area contributed by atoms with Crippen molar-refractivity contribution in [2.24, 2.45) is 0 Å². The highest BCUT2D eigenvalue weighted by Crippen LogP contribution is 2.42. The first-order valence-corrected chi connectivity index (χ1v) is 7.69. The lowest BCUT2D eigenvalue weighted by molar-refractivity contribution is 0.0402. The summed E-state index contributed by atoms with van der Waals surface area (Å²) in [6.07, 6.45) is 0.159. The van der Waals surface area contributed by atoms with Crippen molar-refractivity contribution in [1.82, 2.24) is 14.3 Å². The van der Waals surface area contributed by atoms with E-state index < -0.39 is 0 Å². The van der Waals surface area contributed by atoms with Crippen LogP contribution in [0.4, 0.5) is 5.69 Å². The lowest BCUT2D eigenvalue weighted by atomic mass is 10.1. The van der Waals surface area contributed by atoms with Gasteiger partial charge in [-0.15, -0.1) is 4.53 Å². The molecule has 0 aliphatic carbocycles. The summed E-state index contributed by atoms with van der Waals surface area (Å²) in [5.74, 6) is 0. The van der Waals surface area contributed by atoms with Crippen LogP contribution in [0.5, 0.6) is 0 Å². The molecule has 1 aromatic rings. The Morgan fingerprint density at radius 3 is 2.40 bits per heavy atom. The number of hydrazine groups is 1. The monoisotopic (exact) mass is 294 g/mol. The fourth-order valence-electron chi connectivity index (χ4n) is 3.21. The second kappa shape index (κ2) is 5.53. The van der Waals surface area contributed by atoms with E-state index in [0.717, 1.165) is 26.2 Å². The zero-order valence-corrected chi connectivity index (χ0v) is 13.2. The molecule has 0 N–H and O–H groups in total. The van der Waals surface area contributed by atoms with Crippen LogP contribution >= 0.6 is 11.8 Å². The number of anilines is 1. The molecule has 0 radical (unpaired) electrons. The maximum Gasteiger partial charge on any atom is 0.125 e. The Hall–Kier alpha value is -0.810. The van der Waals surface area contributed by atoms with Gasteiger partial charge in [0.1, 0.15) is 6.17 Å². The number of benzene rings is 1. The van der Waals surface area contributed by atoms with E-state index in [4.69, 9.17) is 11.8 Å². The highest BCUT2D eigenvalue weighted by Gasteiger charge is 2.38. The lowest BCUT2D eigenvalue weighted by Gasteiger charge is -2.41. The third-order valence-electron chi connectivity index (χ3n) is 4.48. The molecule has 110 valence electrons. The van der Waals surface area contributed by atoms with Gasteiger partial charge in [0.2, 0.25) is 0 Å². The molecule has 2 aliphatic heterocycles. The Balaban J connectivity index is 1.78. The molecule has 0 amide bonds. The molecule has 2 heterocycles. The normalized spacial score (nSPS) is 25.4. The lowest BCUT2D eigenvalue weighted by Crippen LogP contribution is -2.51. The van der Waals surface area contributed by atoms with E-state index >= 15 is 0 Å². The highest BCUT2D eigenvalue weighted by atomic mass is 35.5. The first-order chi connectivity index (χ1) is 9.59. The molecule has 1 aromatic carbocycles. The molecule has 20 heavy (non-hydrogen) atoms. The first-order valence-electron chi connectivity index (χ1n) is 7.35. The van der Waals surface area contributed by atoms with Crippen LogP contribution in [-0.2, 0) is 0 Å². The minimum absolute atomic E-state index is 0.159. The Labute approximate surface area is 126 Å². The largest absolute Gasteiger partial charge is 0.298 e. The van der Waals surface area contributed by atoms with Crippen molar-refractivity contribution in [3.8, 4) is 0 Å². The van der Waals surface area contributed by atoms with Gasteiger partial charge in [-0.25, -0.2) is 0 Å². The van der Waals surface area contributed by atoms with Gasteiger partial charge in [-0.2, -0.15) is 0 Å². The van der Waals surface area contributed by atoms with Crippen LogP contribution in [0.3, 0.4) is 0 Å². The molecule has 1 atom stereocenters. The summed E-state index contributed by atoms with van der Waals surface area (Å²) in [7, 11) is 2.02. The summed E-state index contributed by atoms with van der Waals surface area (Å²) in [6, 6.07) is 9.12. The van der Waals surface area contributed by atoms with E-state index in [2.05, 4.69) is 47.9 Å². The van der Waals surface area contributed by atoms with E-state index in [0.29, 0.717) is 6.04 Å². The van der Waals surface area contributed by atoms with E-state index in [1.165, 1.54) is 11.3 Å². The molecule has 1 unspecified atom stereocenters. The van der Waals surface area contributed by atoms with Crippen LogP contribution in [0.1, 0.15) is 25.6 Å². The average Bonchev–Trinajstić information content (AvgIpc) is 2.72. The minimum Gasteiger partial charge on any atom is -0.298 e. The van der Waals surface area contributed by atoms with Gasteiger partial charge in [0, 0.05) is 56.6 Å². The Bertz CT molecular complexity index is 471. The summed E-state index contributed by atoms with van der Waals surface area (Å²) in [6.45, 7) is 8.89. The SMILES string of the molecule is CC(C)N1CCN(C2c3ccccc3N(C)N2Cl)CC1. The topological polar surface area (TPSA) is 13.0 Å². The van der Waals surface area contributed by atoms with Crippen molar-refractivity contribution in [3.63, 3.8) is 0 Å². The second-order valence-electron chi connectivity index (χ2n) is 5.91. The maximum atomic E-state index is 6.53. The van der Waals surface area contributed by atoms with Gasteiger partial charge in [0.15, 0.2) is 0 Å². The third kappa shape index (κ3) is 2.31. The maximum absolute atomic E-state index is 6.53.